The van der Waals surface area contributed by atoms with E-state index in [0.717, 1.165) is 11.5 Å². The van der Waals surface area contributed by atoms with Gasteiger partial charge in [0.05, 0.1) is 10.6 Å². The van der Waals surface area contributed by atoms with Crippen LogP contribution >= 0.6 is 35.0 Å². The minimum absolute atomic E-state index is 0.148. The van der Waals surface area contributed by atoms with Crippen LogP contribution in [0.5, 0.6) is 0 Å². The Morgan fingerprint density at radius 1 is 1.35 bits per heavy atom. The summed E-state index contributed by atoms with van der Waals surface area (Å²) in [5.41, 5.74) is 10.2. The van der Waals surface area contributed by atoms with Crippen molar-refractivity contribution < 1.29 is 14.7 Å². The first-order chi connectivity index (χ1) is 10.9. The third kappa shape index (κ3) is 6.56. The Morgan fingerprint density at radius 2 is 2.04 bits per heavy atom. The molecule has 0 aliphatic heterocycles. The Bertz CT molecular complexity index is 560. The average molecular weight is 380 g/mol. The molecule has 1 rings (SSSR count). The van der Waals surface area contributed by atoms with Gasteiger partial charge in [-0.2, -0.15) is 11.8 Å². The van der Waals surface area contributed by atoms with Crippen LogP contribution in [0.4, 0.5) is 0 Å². The summed E-state index contributed by atoms with van der Waals surface area (Å²) < 4.78 is 0. The molecule has 1 aromatic rings. The smallest absolute Gasteiger partial charge is 0.271 e. The summed E-state index contributed by atoms with van der Waals surface area (Å²) in [6.07, 6.45) is -0.919. The van der Waals surface area contributed by atoms with Gasteiger partial charge in [-0.05, 0) is 36.1 Å². The molecule has 0 fully saturated rings. The Morgan fingerprint density at radius 3 is 2.65 bits per heavy atom. The van der Waals surface area contributed by atoms with E-state index in [1.807, 2.05) is 6.92 Å². The van der Waals surface area contributed by atoms with Gasteiger partial charge in [-0.1, -0.05) is 30.1 Å². The molecule has 0 aliphatic carbocycles. The van der Waals surface area contributed by atoms with Crippen molar-refractivity contribution in [3.8, 4) is 0 Å². The van der Waals surface area contributed by atoms with Gasteiger partial charge in [0.15, 0.2) is 0 Å². The van der Waals surface area contributed by atoms with Crippen LogP contribution in [0.25, 0.3) is 0 Å². The quantitative estimate of drug-likeness (QED) is 0.425. The molecule has 5 N–H and O–H groups in total. The molecule has 2 atom stereocenters. The molecule has 0 saturated carbocycles. The lowest BCUT2D eigenvalue weighted by molar-refractivity contribution is -0.131. The number of thioether (sulfide) groups is 1. The number of benzene rings is 1. The Labute approximate surface area is 149 Å². The summed E-state index contributed by atoms with van der Waals surface area (Å²) in [5, 5.41) is 10.4. The molecular formula is C14H19Cl2N3O3S. The van der Waals surface area contributed by atoms with Gasteiger partial charge in [-0.15, -0.1) is 0 Å². The number of aliphatic hydroxyl groups is 1. The maximum atomic E-state index is 11.9. The second-order valence-electron chi connectivity index (χ2n) is 4.66. The molecule has 6 nitrogen and oxygen atoms in total. The van der Waals surface area contributed by atoms with E-state index >= 15 is 0 Å². The Kier molecular flexibility index (Phi) is 8.72. The van der Waals surface area contributed by atoms with Crippen molar-refractivity contribution in [1.82, 2.24) is 10.9 Å². The van der Waals surface area contributed by atoms with Crippen LogP contribution in [0.1, 0.15) is 23.7 Å². The lowest BCUT2D eigenvalue weighted by atomic mass is 10.1. The summed E-state index contributed by atoms with van der Waals surface area (Å²) in [5.74, 6) is 0.279. The number of carbonyl (C=O) groups excluding carboxylic acids is 2. The molecule has 1 unspecified atom stereocenters. The van der Waals surface area contributed by atoms with Gasteiger partial charge in [0.25, 0.3) is 11.8 Å². The van der Waals surface area contributed by atoms with Crippen molar-refractivity contribution in [3.05, 3.63) is 33.8 Å². The maximum Gasteiger partial charge on any atom is 0.271 e. The van der Waals surface area contributed by atoms with Gasteiger partial charge < -0.3 is 10.8 Å². The molecule has 0 aromatic heterocycles. The highest BCUT2D eigenvalue weighted by Crippen LogP contribution is 2.20. The maximum absolute atomic E-state index is 11.9. The molecule has 0 saturated heterocycles. The number of rotatable bonds is 7. The molecular weight excluding hydrogens is 361 g/mol. The molecule has 0 heterocycles. The van der Waals surface area contributed by atoms with E-state index in [-0.39, 0.29) is 10.6 Å². The van der Waals surface area contributed by atoms with Crippen molar-refractivity contribution in [2.24, 2.45) is 5.73 Å². The van der Waals surface area contributed by atoms with Gasteiger partial charge in [-0.3, -0.25) is 20.4 Å². The SMILES string of the molecule is CCSCC[C@@H](N)C(O)C(=O)NNC(=O)c1ccc(Cl)cc1Cl. The van der Waals surface area contributed by atoms with Gasteiger partial charge in [0.1, 0.15) is 6.10 Å². The Hall–Kier alpha value is -0.990. The third-order valence-electron chi connectivity index (χ3n) is 2.95. The number of halogens is 2. The lowest BCUT2D eigenvalue weighted by Gasteiger charge is -2.18. The van der Waals surface area contributed by atoms with E-state index in [4.69, 9.17) is 28.9 Å². The molecule has 0 bridgehead atoms. The van der Waals surface area contributed by atoms with Crippen LogP contribution in [0.2, 0.25) is 10.0 Å². The predicted octanol–water partition coefficient (Wildman–Crippen LogP) is 1.59. The summed E-state index contributed by atoms with van der Waals surface area (Å²) in [7, 11) is 0. The monoisotopic (exact) mass is 379 g/mol. The number of nitrogens with one attached hydrogen (secondary N) is 2. The number of carbonyl (C=O) groups is 2. The second-order valence-corrected chi connectivity index (χ2v) is 6.90. The van der Waals surface area contributed by atoms with E-state index in [1.54, 1.807) is 11.8 Å². The van der Waals surface area contributed by atoms with E-state index in [0.29, 0.717) is 11.4 Å². The van der Waals surface area contributed by atoms with Crippen LogP contribution in [-0.2, 0) is 4.79 Å². The summed E-state index contributed by atoms with van der Waals surface area (Å²) in [6, 6.07) is 3.64. The molecule has 1 aromatic carbocycles. The molecule has 0 aliphatic rings. The van der Waals surface area contributed by atoms with Crippen molar-refractivity contribution in [2.75, 3.05) is 11.5 Å². The summed E-state index contributed by atoms with van der Waals surface area (Å²) in [6.45, 7) is 2.01. The molecule has 2 amide bonds. The fraction of sp³-hybridized carbons (Fsp3) is 0.429. The molecule has 128 valence electrons. The fourth-order valence-electron chi connectivity index (χ4n) is 1.65. The van der Waals surface area contributed by atoms with E-state index in [1.165, 1.54) is 18.2 Å². The molecule has 0 radical (unpaired) electrons. The highest BCUT2D eigenvalue weighted by molar-refractivity contribution is 7.99. The van der Waals surface area contributed by atoms with Crippen LogP contribution < -0.4 is 16.6 Å². The number of amides is 2. The van der Waals surface area contributed by atoms with Crippen LogP contribution in [0, 0.1) is 0 Å². The minimum atomic E-state index is -1.41. The number of aliphatic hydroxyl groups excluding tert-OH is 1. The first kappa shape index (κ1) is 20.1. The highest BCUT2D eigenvalue weighted by Gasteiger charge is 2.23. The third-order valence-corrected chi connectivity index (χ3v) is 4.43. The van der Waals surface area contributed by atoms with Crippen molar-refractivity contribution >= 4 is 46.8 Å². The predicted molar refractivity (Wildman–Crippen MR) is 93.7 cm³/mol. The number of hydrogen-bond donors (Lipinski definition) is 4. The van der Waals surface area contributed by atoms with Crippen molar-refractivity contribution in [2.45, 2.75) is 25.5 Å². The van der Waals surface area contributed by atoms with Crippen molar-refractivity contribution in [1.29, 1.82) is 0 Å². The number of hydrazine groups is 1. The molecule has 23 heavy (non-hydrogen) atoms. The topological polar surface area (TPSA) is 104 Å². The van der Waals surface area contributed by atoms with Crippen molar-refractivity contribution in [3.63, 3.8) is 0 Å². The number of hydrogen-bond acceptors (Lipinski definition) is 5. The zero-order chi connectivity index (χ0) is 17.4. The van der Waals surface area contributed by atoms with Gasteiger partial charge in [0.2, 0.25) is 0 Å². The standard InChI is InChI=1S/C14H19Cl2N3O3S/c1-2-23-6-5-11(17)12(20)14(22)19-18-13(21)9-4-3-8(15)7-10(9)16/h3-4,7,11-12,20H,2,5-6,17H2,1H3,(H,18,21)(H,19,22)/t11-,12?/m1/s1. The average Bonchev–Trinajstić information content (AvgIpc) is 2.51. The zero-order valence-corrected chi connectivity index (χ0v) is 14.8. The van der Waals surface area contributed by atoms with Gasteiger partial charge >= 0.3 is 0 Å². The first-order valence-corrected chi connectivity index (χ1v) is 8.84. The summed E-state index contributed by atoms with van der Waals surface area (Å²) >= 11 is 13.3. The van der Waals surface area contributed by atoms with Crippen LogP contribution in [0.3, 0.4) is 0 Å². The van der Waals surface area contributed by atoms with Gasteiger partial charge in [0, 0.05) is 11.1 Å². The van der Waals surface area contributed by atoms with E-state index < -0.39 is 24.0 Å². The molecule has 0 spiro atoms. The lowest BCUT2D eigenvalue weighted by Crippen LogP contribution is -2.52. The largest absolute Gasteiger partial charge is 0.382 e. The first-order valence-electron chi connectivity index (χ1n) is 6.93. The fourth-order valence-corrected chi connectivity index (χ4v) is 2.87. The van der Waals surface area contributed by atoms with Gasteiger partial charge in [-0.25, -0.2) is 0 Å². The van der Waals surface area contributed by atoms with Crippen LogP contribution in [-0.4, -0.2) is 40.6 Å². The summed E-state index contributed by atoms with van der Waals surface area (Å²) in [4.78, 5) is 23.7. The molecule has 9 heteroatoms. The second kappa shape index (κ2) is 10.00. The zero-order valence-electron chi connectivity index (χ0n) is 12.5. The normalized spacial score (nSPS) is 13.3. The Balaban J connectivity index is 2.49. The highest BCUT2D eigenvalue weighted by atomic mass is 35.5. The minimum Gasteiger partial charge on any atom is -0.382 e. The van der Waals surface area contributed by atoms with E-state index in [9.17, 15) is 14.7 Å². The van der Waals surface area contributed by atoms with E-state index in [2.05, 4.69) is 10.9 Å². The van der Waals surface area contributed by atoms with Crippen LogP contribution in [0.15, 0.2) is 18.2 Å². The number of nitrogens with two attached hydrogens (primary N) is 1.